The fourth-order valence-electron chi connectivity index (χ4n) is 0.907. The molecule has 0 unspecified atom stereocenters. The van der Waals surface area contributed by atoms with Crippen LogP contribution in [0.4, 0.5) is 5.95 Å². The molecule has 0 aliphatic rings. The predicted octanol–water partition coefficient (Wildman–Crippen LogP) is 2.13. The zero-order valence-corrected chi connectivity index (χ0v) is 9.20. The van der Waals surface area contributed by atoms with E-state index in [9.17, 15) is 0 Å². The van der Waals surface area contributed by atoms with Crippen molar-refractivity contribution in [3.8, 4) is 0 Å². The summed E-state index contributed by atoms with van der Waals surface area (Å²) in [5.41, 5.74) is 0. The molecule has 0 aromatic carbocycles. The number of halogens is 1. The summed E-state index contributed by atoms with van der Waals surface area (Å²) in [5.74, 6) is 0.562. The Morgan fingerprint density at radius 1 is 1.40 bits per heavy atom. The SMILES string of the molecule is C=CCCOCCNc1ncc(Cl)cn1. The van der Waals surface area contributed by atoms with E-state index < -0.39 is 0 Å². The lowest BCUT2D eigenvalue weighted by molar-refractivity contribution is 0.149. The topological polar surface area (TPSA) is 47.0 Å². The number of nitrogens with one attached hydrogen (secondary N) is 1. The fraction of sp³-hybridized carbons (Fsp3) is 0.400. The molecule has 0 aliphatic carbocycles. The summed E-state index contributed by atoms with van der Waals surface area (Å²) in [5, 5.41) is 3.55. The summed E-state index contributed by atoms with van der Waals surface area (Å²) in [6, 6.07) is 0. The monoisotopic (exact) mass is 227 g/mol. The lowest BCUT2D eigenvalue weighted by Gasteiger charge is -2.04. The van der Waals surface area contributed by atoms with Gasteiger partial charge in [0.15, 0.2) is 0 Å². The molecule has 1 aromatic heterocycles. The van der Waals surface area contributed by atoms with Gasteiger partial charge in [0.05, 0.1) is 30.6 Å². The van der Waals surface area contributed by atoms with Gasteiger partial charge in [-0.2, -0.15) is 0 Å². The maximum absolute atomic E-state index is 5.64. The number of hydrogen-bond acceptors (Lipinski definition) is 4. The molecule has 1 heterocycles. The highest BCUT2D eigenvalue weighted by Crippen LogP contribution is 2.04. The molecule has 1 aromatic rings. The Bertz CT molecular complexity index is 289. The molecule has 0 aliphatic heterocycles. The summed E-state index contributed by atoms with van der Waals surface area (Å²) in [6.45, 7) is 5.61. The number of hydrogen-bond donors (Lipinski definition) is 1. The fourth-order valence-corrected chi connectivity index (χ4v) is 1.00. The zero-order valence-electron chi connectivity index (χ0n) is 8.45. The van der Waals surface area contributed by atoms with Crippen LogP contribution in [-0.4, -0.2) is 29.7 Å². The largest absolute Gasteiger partial charge is 0.379 e. The molecule has 4 nitrogen and oxygen atoms in total. The van der Waals surface area contributed by atoms with Crippen molar-refractivity contribution in [2.45, 2.75) is 6.42 Å². The third kappa shape index (κ3) is 5.34. The molecule has 1 rings (SSSR count). The quantitative estimate of drug-likeness (QED) is 0.573. The molecular weight excluding hydrogens is 214 g/mol. The van der Waals surface area contributed by atoms with E-state index in [1.807, 2.05) is 6.08 Å². The first-order valence-electron chi connectivity index (χ1n) is 4.73. The van der Waals surface area contributed by atoms with E-state index in [0.717, 1.165) is 6.42 Å². The Hall–Kier alpha value is -1.13. The van der Waals surface area contributed by atoms with Crippen molar-refractivity contribution < 1.29 is 4.74 Å². The first-order chi connectivity index (χ1) is 7.33. The van der Waals surface area contributed by atoms with Crippen LogP contribution in [0, 0.1) is 0 Å². The lowest BCUT2D eigenvalue weighted by atomic mass is 10.4. The molecule has 0 fully saturated rings. The third-order valence-corrected chi connectivity index (χ3v) is 1.81. The predicted molar refractivity (Wildman–Crippen MR) is 61.2 cm³/mol. The highest BCUT2D eigenvalue weighted by molar-refractivity contribution is 6.30. The van der Waals surface area contributed by atoms with Crippen molar-refractivity contribution in [3.05, 3.63) is 30.1 Å². The van der Waals surface area contributed by atoms with Crippen LogP contribution >= 0.6 is 11.6 Å². The summed E-state index contributed by atoms with van der Waals surface area (Å²) < 4.78 is 5.30. The van der Waals surface area contributed by atoms with E-state index in [-0.39, 0.29) is 0 Å². The molecule has 0 saturated heterocycles. The Morgan fingerprint density at radius 3 is 2.80 bits per heavy atom. The van der Waals surface area contributed by atoms with Gasteiger partial charge in [0.2, 0.25) is 5.95 Å². The molecule has 0 atom stereocenters. The van der Waals surface area contributed by atoms with Crippen LogP contribution < -0.4 is 5.32 Å². The van der Waals surface area contributed by atoms with E-state index in [4.69, 9.17) is 16.3 Å². The molecule has 15 heavy (non-hydrogen) atoms. The van der Waals surface area contributed by atoms with Crippen molar-refractivity contribution in [3.63, 3.8) is 0 Å². The van der Waals surface area contributed by atoms with Crippen molar-refractivity contribution >= 4 is 17.5 Å². The molecule has 5 heteroatoms. The average molecular weight is 228 g/mol. The summed E-state index contributed by atoms with van der Waals surface area (Å²) in [4.78, 5) is 7.97. The first-order valence-corrected chi connectivity index (χ1v) is 5.11. The summed E-state index contributed by atoms with van der Waals surface area (Å²) in [7, 11) is 0. The van der Waals surface area contributed by atoms with Gasteiger partial charge in [-0.3, -0.25) is 0 Å². The van der Waals surface area contributed by atoms with Crippen molar-refractivity contribution in [2.24, 2.45) is 0 Å². The maximum Gasteiger partial charge on any atom is 0.222 e. The molecule has 82 valence electrons. The Balaban J connectivity index is 2.09. The summed E-state index contributed by atoms with van der Waals surface area (Å²) >= 11 is 5.64. The minimum absolute atomic E-state index is 0.530. The van der Waals surface area contributed by atoms with Gasteiger partial charge >= 0.3 is 0 Å². The minimum Gasteiger partial charge on any atom is -0.379 e. The van der Waals surface area contributed by atoms with E-state index in [2.05, 4.69) is 21.9 Å². The van der Waals surface area contributed by atoms with E-state index in [0.29, 0.717) is 30.7 Å². The number of anilines is 1. The van der Waals surface area contributed by atoms with Crippen molar-refractivity contribution in [1.29, 1.82) is 0 Å². The van der Waals surface area contributed by atoms with E-state index in [1.165, 1.54) is 0 Å². The first kappa shape index (κ1) is 11.9. The molecular formula is C10H14ClN3O. The van der Waals surface area contributed by atoms with E-state index in [1.54, 1.807) is 12.4 Å². The minimum atomic E-state index is 0.530. The third-order valence-electron chi connectivity index (χ3n) is 1.62. The number of rotatable bonds is 7. The number of aromatic nitrogens is 2. The van der Waals surface area contributed by atoms with Crippen molar-refractivity contribution in [1.82, 2.24) is 9.97 Å². The second kappa shape index (κ2) is 7.20. The van der Waals surface area contributed by atoms with Gasteiger partial charge in [-0.25, -0.2) is 9.97 Å². The molecule has 1 N–H and O–H groups in total. The van der Waals surface area contributed by atoms with Crippen LogP contribution in [0.3, 0.4) is 0 Å². The molecule has 0 bridgehead atoms. The molecule has 0 radical (unpaired) electrons. The molecule has 0 amide bonds. The number of nitrogens with zero attached hydrogens (tertiary/aromatic N) is 2. The van der Waals surface area contributed by atoms with Crippen LogP contribution in [0.15, 0.2) is 25.0 Å². The zero-order chi connectivity index (χ0) is 10.9. The van der Waals surface area contributed by atoms with E-state index >= 15 is 0 Å². The van der Waals surface area contributed by atoms with Crippen molar-refractivity contribution in [2.75, 3.05) is 25.1 Å². The average Bonchev–Trinajstić information content (AvgIpc) is 2.26. The highest BCUT2D eigenvalue weighted by atomic mass is 35.5. The second-order valence-corrected chi connectivity index (χ2v) is 3.28. The van der Waals surface area contributed by atoms with Gasteiger partial charge < -0.3 is 10.1 Å². The van der Waals surface area contributed by atoms with Gasteiger partial charge in [0.1, 0.15) is 0 Å². The second-order valence-electron chi connectivity index (χ2n) is 2.84. The normalized spacial score (nSPS) is 9.93. The van der Waals surface area contributed by atoms with Crippen LogP contribution in [0.1, 0.15) is 6.42 Å². The summed E-state index contributed by atoms with van der Waals surface area (Å²) in [6.07, 6.45) is 5.80. The maximum atomic E-state index is 5.64. The van der Waals surface area contributed by atoms with Crippen LogP contribution in [-0.2, 0) is 4.74 Å². The van der Waals surface area contributed by atoms with Crippen LogP contribution in [0.25, 0.3) is 0 Å². The lowest BCUT2D eigenvalue weighted by Crippen LogP contribution is -2.11. The smallest absolute Gasteiger partial charge is 0.222 e. The Kier molecular flexibility index (Phi) is 5.73. The highest BCUT2D eigenvalue weighted by Gasteiger charge is 1.94. The standard InChI is InChI=1S/C10H14ClN3O/c1-2-3-5-15-6-4-12-10-13-7-9(11)8-14-10/h2,7-8H,1,3-6H2,(H,12,13,14). The van der Waals surface area contributed by atoms with Crippen LogP contribution in [0.5, 0.6) is 0 Å². The van der Waals surface area contributed by atoms with Gasteiger partial charge in [0.25, 0.3) is 0 Å². The molecule has 0 saturated carbocycles. The van der Waals surface area contributed by atoms with Gasteiger partial charge in [-0.15, -0.1) is 6.58 Å². The molecule has 0 spiro atoms. The van der Waals surface area contributed by atoms with Gasteiger partial charge in [0, 0.05) is 6.54 Å². The van der Waals surface area contributed by atoms with Crippen LogP contribution in [0.2, 0.25) is 5.02 Å². The Labute approximate surface area is 94.3 Å². The number of ether oxygens (including phenoxy) is 1. The van der Waals surface area contributed by atoms with Gasteiger partial charge in [-0.05, 0) is 6.42 Å². The Morgan fingerprint density at radius 2 is 2.13 bits per heavy atom. The van der Waals surface area contributed by atoms with Gasteiger partial charge in [-0.1, -0.05) is 17.7 Å².